The van der Waals surface area contributed by atoms with Crippen molar-refractivity contribution in [1.82, 2.24) is 9.62 Å². The number of nitrogens with one attached hydrogen (secondary N) is 1. The molecule has 2 rings (SSSR count). The van der Waals surface area contributed by atoms with Crippen LogP contribution in [0.1, 0.15) is 50.7 Å². The molecule has 162 valence electrons. The first-order valence-electron chi connectivity index (χ1n) is 10.1. The predicted molar refractivity (Wildman–Crippen MR) is 111 cm³/mol. The summed E-state index contributed by atoms with van der Waals surface area (Å²) in [5, 5.41) is 0. The summed E-state index contributed by atoms with van der Waals surface area (Å²) in [7, 11) is -3.66. The van der Waals surface area contributed by atoms with E-state index in [0.29, 0.717) is 25.1 Å². The molecule has 1 heterocycles. The number of carbonyl (C=O) groups is 2. The first kappa shape index (κ1) is 23.3. The average Bonchev–Trinajstić information content (AvgIpc) is 2.62. The minimum absolute atomic E-state index is 0.0467. The third-order valence-electron chi connectivity index (χ3n) is 4.96. The molecule has 0 aromatic heterocycles. The van der Waals surface area contributed by atoms with Gasteiger partial charge in [0.25, 0.3) is 0 Å². The number of carbonyl (C=O) groups excluding carboxylic acids is 2. The van der Waals surface area contributed by atoms with Gasteiger partial charge in [-0.05, 0) is 63.6 Å². The van der Waals surface area contributed by atoms with Gasteiger partial charge in [-0.1, -0.05) is 12.1 Å². The third kappa shape index (κ3) is 7.12. The lowest BCUT2D eigenvalue weighted by Gasteiger charge is -2.32. The van der Waals surface area contributed by atoms with Gasteiger partial charge in [-0.2, -0.15) is 0 Å². The molecule has 1 aliphatic rings. The summed E-state index contributed by atoms with van der Waals surface area (Å²) in [6.45, 7) is 8.41. The molecule has 0 saturated carbocycles. The van der Waals surface area contributed by atoms with Crippen LogP contribution in [0.4, 0.5) is 0 Å². The van der Waals surface area contributed by atoms with E-state index in [1.165, 1.54) is 0 Å². The first-order valence-corrected chi connectivity index (χ1v) is 11.6. The molecule has 0 bridgehead atoms. The number of sulfonamides is 1. The van der Waals surface area contributed by atoms with Crippen molar-refractivity contribution in [1.29, 1.82) is 0 Å². The number of piperidine rings is 1. The summed E-state index contributed by atoms with van der Waals surface area (Å²) in [6, 6.07) is 5.26. The molecule has 8 heteroatoms. The van der Waals surface area contributed by atoms with Crippen LogP contribution in [0.15, 0.2) is 23.1 Å². The zero-order chi connectivity index (χ0) is 21.6. The van der Waals surface area contributed by atoms with Crippen LogP contribution in [0.3, 0.4) is 0 Å². The molecular weight excluding hydrogens is 392 g/mol. The van der Waals surface area contributed by atoms with Gasteiger partial charge >= 0.3 is 5.97 Å². The van der Waals surface area contributed by atoms with E-state index >= 15 is 0 Å². The van der Waals surface area contributed by atoms with Crippen LogP contribution >= 0.6 is 0 Å². The maximum atomic E-state index is 12.5. The Morgan fingerprint density at radius 1 is 1.28 bits per heavy atom. The predicted octanol–water partition coefficient (Wildman–Crippen LogP) is 2.55. The second kappa shape index (κ2) is 10.2. The fourth-order valence-corrected chi connectivity index (χ4v) is 4.89. The molecule has 1 aromatic carbocycles. The zero-order valence-electron chi connectivity index (χ0n) is 17.7. The zero-order valence-corrected chi connectivity index (χ0v) is 18.5. The number of hydrogen-bond donors (Lipinski definition) is 1. The molecule has 1 amide bonds. The molecular formula is C21H32N2O5S. The van der Waals surface area contributed by atoms with Gasteiger partial charge in [-0.3, -0.25) is 9.59 Å². The van der Waals surface area contributed by atoms with Crippen LogP contribution in [0.25, 0.3) is 0 Å². The van der Waals surface area contributed by atoms with Crippen molar-refractivity contribution in [2.24, 2.45) is 5.92 Å². The number of likely N-dealkylation sites (tertiary alicyclic amines) is 1. The van der Waals surface area contributed by atoms with Gasteiger partial charge in [0.2, 0.25) is 15.9 Å². The highest BCUT2D eigenvalue weighted by molar-refractivity contribution is 7.89. The number of ether oxygens (including phenoxy) is 1. The first-order chi connectivity index (χ1) is 13.6. The molecule has 1 saturated heterocycles. The number of aryl methyl sites for hydroxylation is 2. The topological polar surface area (TPSA) is 92.8 Å². The maximum absolute atomic E-state index is 12.5. The summed E-state index contributed by atoms with van der Waals surface area (Å²) in [5.41, 5.74) is 1.53. The number of benzene rings is 1. The Balaban J connectivity index is 1.85. The molecule has 1 atom stereocenters. The second-order valence-corrected chi connectivity index (χ2v) is 9.74. The van der Waals surface area contributed by atoms with Crippen LogP contribution in [0.2, 0.25) is 0 Å². The lowest BCUT2D eigenvalue weighted by molar-refractivity contribution is -0.149. The van der Waals surface area contributed by atoms with Crippen LogP contribution in [0, 0.1) is 19.8 Å². The van der Waals surface area contributed by atoms with E-state index in [0.717, 1.165) is 18.4 Å². The van der Waals surface area contributed by atoms with E-state index in [9.17, 15) is 18.0 Å². The summed E-state index contributed by atoms with van der Waals surface area (Å²) >= 11 is 0. The Bertz CT molecular complexity index is 835. The number of esters is 1. The average molecular weight is 425 g/mol. The van der Waals surface area contributed by atoms with Crippen molar-refractivity contribution >= 4 is 21.9 Å². The van der Waals surface area contributed by atoms with Crippen molar-refractivity contribution in [3.05, 3.63) is 29.3 Å². The van der Waals surface area contributed by atoms with E-state index in [2.05, 4.69) is 4.72 Å². The molecule has 29 heavy (non-hydrogen) atoms. The highest BCUT2D eigenvalue weighted by atomic mass is 32.2. The Morgan fingerprint density at radius 3 is 2.69 bits per heavy atom. The number of nitrogens with zero attached hydrogens (tertiary/aromatic N) is 1. The Hall–Kier alpha value is -1.93. The Kier molecular flexibility index (Phi) is 8.22. The van der Waals surface area contributed by atoms with Crippen molar-refractivity contribution in [3.63, 3.8) is 0 Å². The normalized spacial score (nSPS) is 17.4. The van der Waals surface area contributed by atoms with Crippen LogP contribution in [-0.2, 0) is 24.3 Å². The molecule has 7 nitrogen and oxygen atoms in total. The van der Waals surface area contributed by atoms with Crippen molar-refractivity contribution in [3.8, 4) is 0 Å². The third-order valence-corrected chi connectivity index (χ3v) is 6.56. The molecule has 0 radical (unpaired) electrons. The highest BCUT2D eigenvalue weighted by Gasteiger charge is 2.26. The van der Waals surface area contributed by atoms with Crippen molar-refractivity contribution in [2.75, 3.05) is 19.6 Å². The number of rotatable bonds is 8. The molecule has 0 spiro atoms. The minimum atomic E-state index is -3.66. The van der Waals surface area contributed by atoms with E-state index in [-0.39, 0.29) is 41.8 Å². The lowest BCUT2D eigenvalue weighted by atomic mass is 9.94. The molecule has 0 aliphatic carbocycles. The van der Waals surface area contributed by atoms with Crippen LogP contribution in [-0.4, -0.2) is 50.9 Å². The highest BCUT2D eigenvalue weighted by Crippen LogP contribution is 2.21. The number of amides is 1. The quantitative estimate of drug-likeness (QED) is 0.648. The number of hydrogen-bond acceptors (Lipinski definition) is 5. The standard InChI is InChI=1S/C21H32N2O5S/c1-15(2)28-21(25)13-18-6-5-11-23(14-18)20(24)9-10-22-29(26,27)19-12-16(3)7-8-17(19)4/h7-8,12,15,18,22H,5-6,9-11,13-14H2,1-4H3. The fraction of sp³-hybridized carbons (Fsp3) is 0.619. The van der Waals surface area contributed by atoms with E-state index in [1.807, 2.05) is 26.8 Å². The van der Waals surface area contributed by atoms with E-state index in [4.69, 9.17) is 4.74 Å². The molecule has 1 unspecified atom stereocenters. The summed E-state index contributed by atoms with van der Waals surface area (Å²) < 4.78 is 32.8. The summed E-state index contributed by atoms with van der Waals surface area (Å²) in [6.07, 6.45) is 1.97. The molecule has 1 N–H and O–H groups in total. The lowest BCUT2D eigenvalue weighted by Crippen LogP contribution is -2.42. The SMILES string of the molecule is Cc1ccc(C)c(S(=O)(=O)NCCC(=O)N2CCCC(CC(=O)OC(C)C)C2)c1. The maximum Gasteiger partial charge on any atom is 0.306 e. The monoisotopic (exact) mass is 424 g/mol. The van der Waals surface area contributed by atoms with Gasteiger partial charge < -0.3 is 9.64 Å². The van der Waals surface area contributed by atoms with Crippen LogP contribution < -0.4 is 4.72 Å². The molecule has 1 aromatic rings. The van der Waals surface area contributed by atoms with Crippen molar-refractivity contribution < 1.29 is 22.7 Å². The van der Waals surface area contributed by atoms with Crippen LogP contribution in [0.5, 0.6) is 0 Å². The summed E-state index contributed by atoms with van der Waals surface area (Å²) in [4.78, 5) is 26.4. The Labute approximate surface area is 173 Å². The van der Waals surface area contributed by atoms with Gasteiger partial charge in [0.15, 0.2) is 0 Å². The van der Waals surface area contributed by atoms with Gasteiger partial charge in [-0.25, -0.2) is 13.1 Å². The second-order valence-electron chi connectivity index (χ2n) is 8.01. The summed E-state index contributed by atoms with van der Waals surface area (Å²) in [5.74, 6) is -0.248. The molecule has 1 fully saturated rings. The van der Waals surface area contributed by atoms with Gasteiger partial charge in [0.1, 0.15) is 0 Å². The Morgan fingerprint density at radius 2 is 2.00 bits per heavy atom. The minimum Gasteiger partial charge on any atom is -0.463 e. The van der Waals surface area contributed by atoms with E-state index in [1.54, 1.807) is 24.0 Å². The van der Waals surface area contributed by atoms with Crippen molar-refractivity contribution in [2.45, 2.75) is 64.4 Å². The van der Waals surface area contributed by atoms with Gasteiger partial charge in [-0.15, -0.1) is 0 Å². The fourth-order valence-electron chi connectivity index (χ4n) is 3.53. The largest absolute Gasteiger partial charge is 0.463 e. The smallest absolute Gasteiger partial charge is 0.306 e. The van der Waals surface area contributed by atoms with Gasteiger partial charge in [0.05, 0.1) is 17.4 Å². The van der Waals surface area contributed by atoms with E-state index < -0.39 is 10.0 Å². The molecule has 1 aliphatic heterocycles. The van der Waals surface area contributed by atoms with Gasteiger partial charge in [0, 0.05) is 26.1 Å².